The lowest BCUT2D eigenvalue weighted by Gasteiger charge is -2.12. The van der Waals surface area contributed by atoms with Crippen molar-refractivity contribution in [2.24, 2.45) is 0 Å². The van der Waals surface area contributed by atoms with Crippen molar-refractivity contribution >= 4 is 0 Å². The molecule has 102 valence electrons. The predicted molar refractivity (Wildman–Crippen MR) is 69.2 cm³/mol. The van der Waals surface area contributed by atoms with Crippen LogP contribution in [0.5, 0.6) is 11.5 Å². The van der Waals surface area contributed by atoms with Crippen LogP contribution in [-0.2, 0) is 6.42 Å². The van der Waals surface area contributed by atoms with E-state index in [9.17, 15) is 5.11 Å². The quantitative estimate of drug-likeness (QED) is 0.578. The third-order valence-corrected chi connectivity index (χ3v) is 2.66. The lowest BCUT2D eigenvalue weighted by molar-refractivity contribution is 0.0947. The van der Waals surface area contributed by atoms with E-state index in [4.69, 9.17) is 14.6 Å². The highest BCUT2D eigenvalue weighted by atomic mass is 16.5. The van der Waals surface area contributed by atoms with Gasteiger partial charge in [-0.25, -0.2) is 0 Å². The summed E-state index contributed by atoms with van der Waals surface area (Å²) in [6.45, 7) is 0.869. The summed E-state index contributed by atoms with van der Waals surface area (Å²) in [7, 11) is 3.24. The first-order chi connectivity index (χ1) is 8.71. The maximum absolute atomic E-state index is 9.17. The van der Waals surface area contributed by atoms with Crippen molar-refractivity contribution in [3.63, 3.8) is 0 Å². The molecule has 1 unspecified atom stereocenters. The smallest absolute Gasteiger partial charge is 0.125 e. The van der Waals surface area contributed by atoms with Crippen molar-refractivity contribution in [1.29, 1.82) is 0 Å². The van der Waals surface area contributed by atoms with E-state index in [2.05, 4.69) is 5.32 Å². The molecule has 0 saturated carbocycles. The number of hydrogen-bond acceptors (Lipinski definition) is 5. The molecule has 0 spiro atoms. The Hall–Kier alpha value is -1.30. The predicted octanol–water partition coefficient (Wildman–Crippen LogP) is 0.189. The molecule has 0 saturated heterocycles. The largest absolute Gasteiger partial charge is 0.497 e. The van der Waals surface area contributed by atoms with Crippen molar-refractivity contribution in [2.75, 3.05) is 33.9 Å². The van der Waals surface area contributed by atoms with Crippen molar-refractivity contribution in [3.05, 3.63) is 23.8 Å². The fourth-order valence-corrected chi connectivity index (χ4v) is 1.61. The number of aliphatic hydroxyl groups excluding tert-OH is 2. The minimum Gasteiger partial charge on any atom is -0.497 e. The third kappa shape index (κ3) is 4.52. The summed E-state index contributed by atoms with van der Waals surface area (Å²) < 4.78 is 10.4. The van der Waals surface area contributed by atoms with Crippen LogP contribution in [0.15, 0.2) is 18.2 Å². The molecule has 0 aliphatic carbocycles. The molecule has 0 aromatic heterocycles. The Labute approximate surface area is 107 Å². The van der Waals surface area contributed by atoms with Crippen LogP contribution in [0.25, 0.3) is 0 Å². The Morgan fingerprint density at radius 1 is 1.28 bits per heavy atom. The Balaban J connectivity index is 2.46. The van der Waals surface area contributed by atoms with Gasteiger partial charge in [0.05, 0.1) is 26.9 Å². The molecule has 0 aliphatic heterocycles. The van der Waals surface area contributed by atoms with Gasteiger partial charge in [0.2, 0.25) is 0 Å². The molecule has 1 rings (SSSR count). The molecular weight excluding hydrogens is 234 g/mol. The van der Waals surface area contributed by atoms with Gasteiger partial charge in [0, 0.05) is 12.6 Å². The Kier molecular flexibility index (Phi) is 6.49. The van der Waals surface area contributed by atoms with Gasteiger partial charge in [-0.2, -0.15) is 0 Å². The number of benzene rings is 1. The summed E-state index contributed by atoms with van der Waals surface area (Å²) in [5, 5.41) is 20.9. The number of methoxy groups -OCH3 is 2. The molecule has 0 fully saturated rings. The van der Waals surface area contributed by atoms with Crippen LogP contribution in [0.2, 0.25) is 0 Å². The molecule has 1 aromatic rings. The molecule has 0 amide bonds. The van der Waals surface area contributed by atoms with Gasteiger partial charge in [-0.1, -0.05) is 6.07 Å². The second-order valence-electron chi connectivity index (χ2n) is 3.97. The molecule has 0 heterocycles. The van der Waals surface area contributed by atoms with E-state index in [0.29, 0.717) is 13.1 Å². The summed E-state index contributed by atoms with van der Waals surface area (Å²) in [5.74, 6) is 1.55. The van der Waals surface area contributed by atoms with E-state index in [0.717, 1.165) is 23.5 Å². The second-order valence-corrected chi connectivity index (χ2v) is 3.97. The molecule has 0 bridgehead atoms. The van der Waals surface area contributed by atoms with Crippen LogP contribution >= 0.6 is 0 Å². The average Bonchev–Trinajstić information content (AvgIpc) is 2.43. The summed E-state index contributed by atoms with van der Waals surface area (Å²) in [6.07, 6.45) is 0.0773. The summed E-state index contributed by atoms with van der Waals surface area (Å²) >= 11 is 0. The SMILES string of the molecule is COc1ccc(CCNCC(O)CO)c(OC)c1. The van der Waals surface area contributed by atoms with Crippen molar-refractivity contribution < 1.29 is 19.7 Å². The number of hydrogen-bond donors (Lipinski definition) is 3. The van der Waals surface area contributed by atoms with Crippen LogP contribution in [0.4, 0.5) is 0 Å². The highest BCUT2D eigenvalue weighted by Crippen LogP contribution is 2.24. The fourth-order valence-electron chi connectivity index (χ4n) is 1.61. The minimum absolute atomic E-state index is 0.223. The monoisotopic (exact) mass is 255 g/mol. The molecule has 3 N–H and O–H groups in total. The summed E-state index contributed by atoms with van der Waals surface area (Å²) in [4.78, 5) is 0. The fraction of sp³-hybridized carbons (Fsp3) is 0.538. The molecule has 0 aliphatic rings. The molecule has 5 heteroatoms. The number of aliphatic hydroxyl groups is 2. The maximum Gasteiger partial charge on any atom is 0.125 e. The van der Waals surface area contributed by atoms with E-state index in [-0.39, 0.29) is 6.61 Å². The van der Waals surface area contributed by atoms with Gasteiger partial charge in [0.25, 0.3) is 0 Å². The highest BCUT2D eigenvalue weighted by molar-refractivity contribution is 5.40. The Morgan fingerprint density at radius 3 is 2.67 bits per heavy atom. The van der Waals surface area contributed by atoms with Crippen LogP contribution in [0, 0.1) is 0 Å². The first-order valence-electron chi connectivity index (χ1n) is 5.91. The Morgan fingerprint density at radius 2 is 2.06 bits per heavy atom. The van der Waals surface area contributed by atoms with Crippen LogP contribution in [0.1, 0.15) is 5.56 Å². The highest BCUT2D eigenvalue weighted by Gasteiger charge is 2.05. The van der Waals surface area contributed by atoms with E-state index in [1.165, 1.54) is 0 Å². The van der Waals surface area contributed by atoms with Gasteiger partial charge in [-0.3, -0.25) is 0 Å². The van der Waals surface area contributed by atoms with Crippen molar-refractivity contribution in [2.45, 2.75) is 12.5 Å². The maximum atomic E-state index is 9.17. The molecule has 1 atom stereocenters. The van der Waals surface area contributed by atoms with Gasteiger partial charge >= 0.3 is 0 Å². The van der Waals surface area contributed by atoms with Crippen LogP contribution in [-0.4, -0.2) is 50.2 Å². The summed E-state index contributed by atoms with van der Waals surface area (Å²) in [5.41, 5.74) is 1.07. The molecule has 5 nitrogen and oxygen atoms in total. The van der Waals surface area contributed by atoms with E-state index >= 15 is 0 Å². The van der Waals surface area contributed by atoms with Gasteiger partial charge in [-0.05, 0) is 24.6 Å². The Bertz CT molecular complexity index is 357. The lowest BCUT2D eigenvalue weighted by atomic mass is 10.1. The topological polar surface area (TPSA) is 71.0 Å². The molecular formula is C13H21NO4. The van der Waals surface area contributed by atoms with Gasteiger partial charge in [0.15, 0.2) is 0 Å². The first-order valence-corrected chi connectivity index (χ1v) is 5.91. The van der Waals surface area contributed by atoms with Crippen molar-refractivity contribution in [1.82, 2.24) is 5.32 Å². The third-order valence-electron chi connectivity index (χ3n) is 2.66. The second kappa shape index (κ2) is 7.92. The van der Waals surface area contributed by atoms with E-state index < -0.39 is 6.10 Å². The van der Waals surface area contributed by atoms with Gasteiger partial charge in [-0.15, -0.1) is 0 Å². The summed E-state index contributed by atoms with van der Waals surface area (Å²) in [6, 6.07) is 5.69. The minimum atomic E-state index is -0.706. The molecule has 18 heavy (non-hydrogen) atoms. The molecule has 1 aromatic carbocycles. The first kappa shape index (κ1) is 14.8. The number of nitrogens with one attached hydrogen (secondary N) is 1. The lowest BCUT2D eigenvalue weighted by Crippen LogP contribution is -2.30. The zero-order chi connectivity index (χ0) is 13.4. The van der Waals surface area contributed by atoms with Crippen LogP contribution in [0.3, 0.4) is 0 Å². The van der Waals surface area contributed by atoms with Gasteiger partial charge < -0.3 is 25.0 Å². The zero-order valence-corrected chi connectivity index (χ0v) is 10.8. The van der Waals surface area contributed by atoms with Crippen LogP contribution < -0.4 is 14.8 Å². The zero-order valence-electron chi connectivity index (χ0n) is 10.8. The average molecular weight is 255 g/mol. The standard InChI is InChI=1S/C13H21NO4/c1-17-12-4-3-10(13(7-12)18-2)5-6-14-8-11(16)9-15/h3-4,7,11,14-16H,5-6,8-9H2,1-2H3. The van der Waals surface area contributed by atoms with E-state index in [1.807, 2.05) is 18.2 Å². The normalized spacial score (nSPS) is 12.2. The number of ether oxygens (including phenoxy) is 2. The van der Waals surface area contributed by atoms with Gasteiger partial charge in [0.1, 0.15) is 11.5 Å². The number of rotatable bonds is 8. The van der Waals surface area contributed by atoms with Crippen molar-refractivity contribution in [3.8, 4) is 11.5 Å². The molecule has 0 radical (unpaired) electrons. The van der Waals surface area contributed by atoms with E-state index in [1.54, 1.807) is 14.2 Å².